The average Bonchev–Trinajstić information content (AvgIpc) is 2.13. The Kier molecular flexibility index (Phi) is 1.26. The quantitative estimate of drug-likeness (QED) is 0.568. The number of aryl methyl sites for hydroxylation is 1. The Balaban J connectivity index is 3.08. The van der Waals surface area contributed by atoms with Crippen molar-refractivity contribution in [2.45, 2.75) is 6.92 Å². The first-order valence-electron chi connectivity index (χ1n) is 2.59. The molecule has 0 fully saturated rings. The highest BCUT2D eigenvalue weighted by Crippen LogP contribution is 1.97. The molecule has 0 aliphatic heterocycles. The molecule has 1 aromatic rings. The molecule has 0 amide bonds. The van der Waals surface area contributed by atoms with Gasteiger partial charge in [-0.05, 0) is 19.1 Å². The lowest BCUT2D eigenvalue weighted by Gasteiger charge is -1.94. The van der Waals surface area contributed by atoms with Gasteiger partial charge in [-0.3, -0.25) is 4.57 Å². The molecule has 1 heterocycles. The van der Waals surface area contributed by atoms with Crippen LogP contribution in [-0.2, 0) is 0 Å². The second kappa shape index (κ2) is 1.93. The van der Waals surface area contributed by atoms with E-state index in [4.69, 9.17) is 5.11 Å². The van der Waals surface area contributed by atoms with Crippen LogP contribution in [0.1, 0.15) is 5.69 Å². The number of nitrogens with zero attached hydrogens (tertiary/aromatic N) is 1. The zero-order chi connectivity index (χ0) is 6.85. The largest absolute Gasteiger partial charge is 0.464 e. The zero-order valence-corrected chi connectivity index (χ0v) is 5.03. The summed E-state index contributed by atoms with van der Waals surface area (Å²) in [5.74, 6) is 0. The molecule has 0 radical (unpaired) electrons. The van der Waals surface area contributed by atoms with Crippen molar-refractivity contribution in [1.29, 1.82) is 0 Å². The van der Waals surface area contributed by atoms with E-state index in [1.165, 1.54) is 10.8 Å². The van der Waals surface area contributed by atoms with Crippen LogP contribution >= 0.6 is 0 Å². The van der Waals surface area contributed by atoms with E-state index in [1.807, 2.05) is 0 Å². The van der Waals surface area contributed by atoms with Crippen molar-refractivity contribution in [2.75, 3.05) is 0 Å². The van der Waals surface area contributed by atoms with E-state index >= 15 is 0 Å². The van der Waals surface area contributed by atoms with Crippen molar-refractivity contribution in [2.24, 2.45) is 0 Å². The van der Waals surface area contributed by atoms with Crippen LogP contribution in [0.3, 0.4) is 0 Å². The maximum atomic E-state index is 10.2. The van der Waals surface area contributed by atoms with E-state index in [9.17, 15) is 4.79 Å². The molecule has 0 saturated carbocycles. The van der Waals surface area contributed by atoms with Crippen LogP contribution in [0.5, 0.6) is 0 Å². The van der Waals surface area contributed by atoms with Crippen molar-refractivity contribution in [1.82, 2.24) is 4.57 Å². The van der Waals surface area contributed by atoms with Gasteiger partial charge >= 0.3 is 6.09 Å². The van der Waals surface area contributed by atoms with Gasteiger partial charge in [0.25, 0.3) is 0 Å². The second-order valence-corrected chi connectivity index (χ2v) is 1.80. The maximum Gasteiger partial charge on any atom is 0.415 e. The number of aromatic nitrogens is 1. The molecule has 0 saturated heterocycles. The fourth-order valence-electron chi connectivity index (χ4n) is 0.681. The molecule has 1 aromatic heterocycles. The second-order valence-electron chi connectivity index (χ2n) is 1.80. The Morgan fingerprint density at radius 2 is 2.44 bits per heavy atom. The Bertz CT molecular complexity index is 227. The van der Waals surface area contributed by atoms with Crippen molar-refractivity contribution >= 4 is 6.09 Å². The summed E-state index contributed by atoms with van der Waals surface area (Å²) in [6.07, 6.45) is 0.579. The molecule has 0 aromatic carbocycles. The molecule has 0 aliphatic carbocycles. The summed E-state index contributed by atoms with van der Waals surface area (Å²) >= 11 is 0. The minimum atomic E-state index is -0.933. The van der Waals surface area contributed by atoms with E-state index in [2.05, 4.69) is 0 Å². The molecule has 1 N–H and O–H groups in total. The van der Waals surface area contributed by atoms with E-state index in [1.54, 1.807) is 19.1 Å². The summed E-state index contributed by atoms with van der Waals surface area (Å²) in [5.41, 5.74) is 0.738. The Hall–Kier alpha value is -1.25. The van der Waals surface area contributed by atoms with Gasteiger partial charge in [-0.2, -0.15) is 0 Å². The highest BCUT2D eigenvalue weighted by molar-refractivity contribution is 5.68. The standard InChI is InChI=1S/C6H7NO2/c1-5-3-2-4-7(5)6(8)9/h2-4H,1H3,(H,8,9). The smallest absolute Gasteiger partial charge is 0.415 e. The normalized spacial score (nSPS) is 9.44. The fraction of sp³-hybridized carbons (Fsp3) is 0.167. The highest BCUT2D eigenvalue weighted by Gasteiger charge is 1.99. The van der Waals surface area contributed by atoms with E-state index < -0.39 is 6.09 Å². The number of carboxylic acid groups (broad SMARTS) is 1. The molecular weight excluding hydrogens is 118 g/mol. The third kappa shape index (κ3) is 0.937. The Labute approximate surface area is 52.5 Å². The first kappa shape index (κ1) is 5.88. The van der Waals surface area contributed by atoms with Crippen LogP contribution in [0, 0.1) is 6.92 Å². The lowest BCUT2D eigenvalue weighted by atomic mass is 10.5. The van der Waals surface area contributed by atoms with Gasteiger partial charge in [-0.1, -0.05) is 0 Å². The molecule has 0 spiro atoms. The van der Waals surface area contributed by atoms with Crippen molar-refractivity contribution in [3.05, 3.63) is 24.0 Å². The molecular formula is C6H7NO2. The molecule has 3 heteroatoms. The summed E-state index contributed by atoms with van der Waals surface area (Å²) in [6, 6.07) is 3.44. The van der Waals surface area contributed by atoms with Crippen LogP contribution in [0.4, 0.5) is 4.79 Å². The first-order chi connectivity index (χ1) is 4.22. The van der Waals surface area contributed by atoms with Gasteiger partial charge in [0.2, 0.25) is 0 Å². The molecule has 0 atom stereocenters. The molecule has 1 rings (SSSR count). The predicted molar refractivity (Wildman–Crippen MR) is 32.6 cm³/mol. The third-order valence-corrected chi connectivity index (χ3v) is 1.16. The lowest BCUT2D eigenvalue weighted by molar-refractivity contribution is 0.196. The van der Waals surface area contributed by atoms with Crippen LogP contribution < -0.4 is 0 Å². The monoisotopic (exact) mass is 125 g/mol. The molecule has 0 bridgehead atoms. The van der Waals surface area contributed by atoms with Gasteiger partial charge in [0.15, 0.2) is 0 Å². The lowest BCUT2D eigenvalue weighted by Crippen LogP contribution is -2.07. The fourth-order valence-corrected chi connectivity index (χ4v) is 0.681. The molecule has 9 heavy (non-hydrogen) atoms. The number of carbonyl (C=O) groups is 1. The summed E-state index contributed by atoms with van der Waals surface area (Å²) in [6.45, 7) is 1.74. The first-order valence-corrected chi connectivity index (χ1v) is 2.59. The molecule has 3 nitrogen and oxygen atoms in total. The summed E-state index contributed by atoms with van der Waals surface area (Å²) in [7, 11) is 0. The van der Waals surface area contributed by atoms with Crippen LogP contribution in [0.15, 0.2) is 18.3 Å². The van der Waals surface area contributed by atoms with Crippen molar-refractivity contribution < 1.29 is 9.90 Å². The highest BCUT2D eigenvalue weighted by atomic mass is 16.4. The van der Waals surface area contributed by atoms with Crippen LogP contribution in [-0.4, -0.2) is 15.8 Å². The van der Waals surface area contributed by atoms with Gasteiger partial charge in [-0.25, -0.2) is 4.79 Å². The van der Waals surface area contributed by atoms with Gasteiger partial charge < -0.3 is 5.11 Å². The Morgan fingerprint density at radius 1 is 1.78 bits per heavy atom. The van der Waals surface area contributed by atoms with E-state index in [-0.39, 0.29) is 0 Å². The predicted octanol–water partition coefficient (Wildman–Crippen LogP) is 1.32. The topological polar surface area (TPSA) is 42.2 Å². The SMILES string of the molecule is Cc1cccn1C(=O)O. The van der Waals surface area contributed by atoms with Crippen LogP contribution in [0.2, 0.25) is 0 Å². The maximum absolute atomic E-state index is 10.2. The van der Waals surface area contributed by atoms with Gasteiger partial charge in [0.1, 0.15) is 0 Å². The van der Waals surface area contributed by atoms with Crippen LogP contribution in [0.25, 0.3) is 0 Å². The molecule has 48 valence electrons. The molecule has 0 unspecified atom stereocenters. The summed E-state index contributed by atoms with van der Waals surface area (Å²) < 4.78 is 1.17. The minimum Gasteiger partial charge on any atom is -0.464 e. The Morgan fingerprint density at radius 3 is 2.67 bits per heavy atom. The van der Waals surface area contributed by atoms with Gasteiger partial charge in [-0.15, -0.1) is 0 Å². The molecule has 0 aliphatic rings. The summed E-state index contributed by atoms with van der Waals surface area (Å²) in [5, 5.41) is 8.42. The zero-order valence-electron chi connectivity index (χ0n) is 5.03. The minimum absolute atomic E-state index is 0.738. The number of rotatable bonds is 0. The average molecular weight is 125 g/mol. The van der Waals surface area contributed by atoms with Crippen molar-refractivity contribution in [3.8, 4) is 0 Å². The van der Waals surface area contributed by atoms with Gasteiger partial charge in [0.05, 0.1) is 0 Å². The number of hydrogen-bond acceptors (Lipinski definition) is 1. The van der Waals surface area contributed by atoms with E-state index in [0.717, 1.165) is 5.69 Å². The summed E-state index contributed by atoms with van der Waals surface area (Å²) in [4.78, 5) is 10.2. The third-order valence-electron chi connectivity index (χ3n) is 1.16. The van der Waals surface area contributed by atoms with E-state index in [0.29, 0.717) is 0 Å². The number of hydrogen-bond donors (Lipinski definition) is 1. The van der Waals surface area contributed by atoms with Gasteiger partial charge in [0, 0.05) is 11.9 Å². The van der Waals surface area contributed by atoms with Crippen molar-refractivity contribution in [3.63, 3.8) is 0 Å².